The third-order valence-corrected chi connectivity index (χ3v) is 5.33. The number of hydrogen-bond donors (Lipinski definition) is 4. The molecule has 1 aliphatic heterocycles. The molecular weight excluding hydrogens is 398 g/mol. The number of aliphatic hydroxyl groups is 3. The van der Waals surface area contributed by atoms with Gasteiger partial charge in [0.15, 0.2) is 11.9 Å². The average molecular weight is 419 g/mol. The van der Waals surface area contributed by atoms with E-state index in [1.807, 2.05) is 60.7 Å². The lowest BCUT2D eigenvalue weighted by Crippen LogP contribution is -2.33. The SMILES string of the molecule is OC[C@H]1O[C@@H](n2nc(-c3ccccc3)c3c(Nc4ccccc4)ncnc32)[C@@H](O)[C@H]1O. The minimum absolute atomic E-state index is 0.421. The zero-order valence-electron chi connectivity index (χ0n) is 16.4. The van der Waals surface area contributed by atoms with Crippen molar-refractivity contribution in [2.45, 2.75) is 24.5 Å². The van der Waals surface area contributed by atoms with Crippen LogP contribution in [0, 0.1) is 0 Å². The Morgan fingerprint density at radius 1 is 0.935 bits per heavy atom. The molecule has 4 aromatic rings. The Balaban J connectivity index is 1.69. The van der Waals surface area contributed by atoms with E-state index in [4.69, 9.17) is 9.84 Å². The maximum Gasteiger partial charge on any atom is 0.181 e. The Kier molecular flexibility index (Phi) is 5.08. The molecule has 4 N–H and O–H groups in total. The number of hydrogen-bond acceptors (Lipinski definition) is 8. The highest BCUT2D eigenvalue weighted by Crippen LogP contribution is 2.37. The minimum atomic E-state index is -1.27. The molecule has 1 aliphatic rings. The van der Waals surface area contributed by atoms with Crippen LogP contribution in [0.2, 0.25) is 0 Å². The van der Waals surface area contributed by atoms with E-state index in [9.17, 15) is 15.3 Å². The molecule has 9 nitrogen and oxygen atoms in total. The van der Waals surface area contributed by atoms with Gasteiger partial charge in [0.05, 0.1) is 12.0 Å². The van der Waals surface area contributed by atoms with E-state index in [1.54, 1.807) is 0 Å². The Morgan fingerprint density at radius 2 is 1.65 bits per heavy atom. The first-order chi connectivity index (χ1) is 15.2. The molecule has 1 saturated heterocycles. The van der Waals surface area contributed by atoms with Gasteiger partial charge < -0.3 is 25.4 Å². The molecule has 0 unspecified atom stereocenters. The van der Waals surface area contributed by atoms with Gasteiger partial charge in [-0.2, -0.15) is 5.10 Å². The van der Waals surface area contributed by atoms with Crippen molar-refractivity contribution in [1.29, 1.82) is 0 Å². The molecule has 31 heavy (non-hydrogen) atoms. The lowest BCUT2D eigenvalue weighted by molar-refractivity contribution is -0.0565. The van der Waals surface area contributed by atoms with Crippen LogP contribution < -0.4 is 5.32 Å². The van der Waals surface area contributed by atoms with Crippen molar-refractivity contribution in [1.82, 2.24) is 19.7 Å². The van der Waals surface area contributed by atoms with Crippen molar-refractivity contribution in [3.05, 3.63) is 67.0 Å². The first-order valence-electron chi connectivity index (χ1n) is 9.90. The van der Waals surface area contributed by atoms with Crippen molar-refractivity contribution in [2.24, 2.45) is 0 Å². The van der Waals surface area contributed by atoms with Gasteiger partial charge in [-0.3, -0.25) is 0 Å². The number of rotatable bonds is 5. The highest BCUT2D eigenvalue weighted by Gasteiger charge is 2.45. The molecule has 2 aromatic heterocycles. The molecule has 0 amide bonds. The number of benzene rings is 2. The van der Waals surface area contributed by atoms with Gasteiger partial charge in [0.2, 0.25) is 0 Å². The normalized spacial score (nSPS) is 23.3. The first kappa shape index (κ1) is 19.6. The van der Waals surface area contributed by atoms with E-state index in [0.29, 0.717) is 22.5 Å². The second-order valence-corrected chi connectivity index (χ2v) is 7.30. The van der Waals surface area contributed by atoms with Crippen molar-refractivity contribution < 1.29 is 20.1 Å². The maximum absolute atomic E-state index is 10.6. The standard InChI is InChI=1S/C22H21N5O4/c28-11-15-18(29)19(30)22(31-15)27-21-16(17(26-27)13-7-3-1-4-8-13)20(23-12-24-21)25-14-9-5-2-6-10-14/h1-10,12,15,18-19,22,28-30H,11H2,(H,23,24,25)/t15-,18+,19+,22-/m1/s1. The van der Waals surface area contributed by atoms with Crippen LogP contribution in [0.5, 0.6) is 0 Å². The van der Waals surface area contributed by atoms with Crippen LogP contribution in [-0.2, 0) is 4.74 Å². The molecule has 0 spiro atoms. The quantitative estimate of drug-likeness (QED) is 0.386. The summed E-state index contributed by atoms with van der Waals surface area (Å²) in [5.74, 6) is 0.549. The van der Waals surface area contributed by atoms with Crippen LogP contribution in [0.3, 0.4) is 0 Å². The Morgan fingerprint density at radius 3 is 2.32 bits per heavy atom. The highest BCUT2D eigenvalue weighted by atomic mass is 16.6. The smallest absolute Gasteiger partial charge is 0.181 e. The fourth-order valence-electron chi connectivity index (χ4n) is 3.78. The fourth-order valence-corrected chi connectivity index (χ4v) is 3.78. The fraction of sp³-hybridized carbons (Fsp3) is 0.227. The van der Waals surface area contributed by atoms with Gasteiger partial charge in [-0.1, -0.05) is 48.5 Å². The van der Waals surface area contributed by atoms with Crippen molar-refractivity contribution in [3.8, 4) is 11.3 Å². The zero-order valence-corrected chi connectivity index (χ0v) is 16.4. The predicted octanol–water partition coefficient (Wildman–Crippen LogP) is 1.85. The largest absolute Gasteiger partial charge is 0.394 e. The van der Waals surface area contributed by atoms with E-state index >= 15 is 0 Å². The highest BCUT2D eigenvalue weighted by molar-refractivity contribution is 6.00. The lowest BCUT2D eigenvalue weighted by atomic mass is 10.1. The number of fused-ring (bicyclic) bond motifs is 1. The lowest BCUT2D eigenvalue weighted by Gasteiger charge is -2.15. The molecule has 158 valence electrons. The van der Waals surface area contributed by atoms with Crippen LogP contribution in [0.25, 0.3) is 22.3 Å². The molecule has 3 heterocycles. The summed E-state index contributed by atoms with van der Waals surface area (Å²) in [6.07, 6.45) is -3.03. The second-order valence-electron chi connectivity index (χ2n) is 7.30. The van der Waals surface area contributed by atoms with E-state index in [2.05, 4.69) is 15.3 Å². The summed E-state index contributed by atoms with van der Waals surface area (Å²) >= 11 is 0. The van der Waals surface area contributed by atoms with Crippen LogP contribution in [-0.4, -0.2) is 60.0 Å². The number of nitrogens with zero attached hydrogens (tertiary/aromatic N) is 4. The minimum Gasteiger partial charge on any atom is -0.394 e. The van der Waals surface area contributed by atoms with Crippen molar-refractivity contribution in [2.75, 3.05) is 11.9 Å². The van der Waals surface area contributed by atoms with Crippen LogP contribution in [0.15, 0.2) is 67.0 Å². The van der Waals surface area contributed by atoms with E-state index in [-0.39, 0.29) is 0 Å². The number of aliphatic hydroxyl groups excluding tert-OH is 3. The molecule has 0 saturated carbocycles. The van der Waals surface area contributed by atoms with Gasteiger partial charge in [0.1, 0.15) is 36.2 Å². The Labute approximate surface area is 177 Å². The van der Waals surface area contributed by atoms with Crippen molar-refractivity contribution in [3.63, 3.8) is 0 Å². The van der Waals surface area contributed by atoms with Gasteiger partial charge in [-0.05, 0) is 12.1 Å². The zero-order chi connectivity index (χ0) is 21.4. The number of nitrogens with one attached hydrogen (secondary N) is 1. The maximum atomic E-state index is 10.6. The van der Waals surface area contributed by atoms with Crippen LogP contribution >= 0.6 is 0 Å². The molecule has 0 bridgehead atoms. The summed E-state index contributed by atoms with van der Waals surface area (Å²) in [5, 5.41) is 38.9. The summed E-state index contributed by atoms with van der Waals surface area (Å²) in [7, 11) is 0. The predicted molar refractivity (Wildman–Crippen MR) is 113 cm³/mol. The van der Waals surface area contributed by atoms with E-state index in [0.717, 1.165) is 11.3 Å². The second kappa shape index (κ2) is 8.05. The number of para-hydroxylation sites is 1. The molecular formula is C22H21N5O4. The summed E-state index contributed by atoms with van der Waals surface area (Å²) < 4.78 is 7.15. The van der Waals surface area contributed by atoms with Crippen LogP contribution in [0.1, 0.15) is 6.23 Å². The van der Waals surface area contributed by atoms with Gasteiger partial charge in [0, 0.05) is 11.3 Å². The molecule has 5 rings (SSSR count). The van der Waals surface area contributed by atoms with Gasteiger partial charge in [-0.25, -0.2) is 14.6 Å². The number of aromatic nitrogens is 4. The molecule has 9 heteroatoms. The van der Waals surface area contributed by atoms with E-state index < -0.39 is 31.1 Å². The van der Waals surface area contributed by atoms with Gasteiger partial charge in [0.25, 0.3) is 0 Å². The third-order valence-electron chi connectivity index (χ3n) is 5.33. The molecule has 0 radical (unpaired) electrons. The molecule has 2 aromatic carbocycles. The molecule has 4 atom stereocenters. The summed E-state index contributed by atoms with van der Waals surface area (Å²) in [6.45, 7) is -0.421. The van der Waals surface area contributed by atoms with E-state index in [1.165, 1.54) is 11.0 Å². The monoisotopic (exact) mass is 419 g/mol. The first-order valence-corrected chi connectivity index (χ1v) is 9.90. The Hall–Kier alpha value is -3.37. The number of anilines is 2. The molecule has 0 aliphatic carbocycles. The van der Waals surface area contributed by atoms with Crippen molar-refractivity contribution >= 4 is 22.5 Å². The summed E-state index contributed by atoms with van der Waals surface area (Å²) in [4.78, 5) is 8.82. The van der Waals surface area contributed by atoms with Gasteiger partial charge in [-0.15, -0.1) is 0 Å². The Bertz CT molecular complexity index is 1180. The summed E-state index contributed by atoms with van der Waals surface area (Å²) in [5.41, 5.74) is 2.72. The van der Waals surface area contributed by atoms with Crippen LogP contribution in [0.4, 0.5) is 11.5 Å². The average Bonchev–Trinajstić information content (AvgIpc) is 3.33. The number of ether oxygens (including phenoxy) is 1. The third kappa shape index (κ3) is 3.43. The molecule has 1 fully saturated rings. The van der Waals surface area contributed by atoms with Gasteiger partial charge >= 0.3 is 0 Å². The summed E-state index contributed by atoms with van der Waals surface area (Å²) in [6, 6.07) is 19.2. The topological polar surface area (TPSA) is 126 Å².